The molecule has 0 amide bonds. The van der Waals surface area contributed by atoms with Gasteiger partial charge in [-0.3, -0.25) is 0 Å². The normalized spacial score (nSPS) is 34.0. The summed E-state index contributed by atoms with van der Waals surface area (Å²) in [5.41, 5.74) is 0.685. The van der Waals surface area contributed by atoms with Crippen LogP contribution in [0.3, 0.4) is 0 Å². The Morgan fingerprint density at radius 1 is 1.06 bits per heavy atom. The van der Waals surface area contributed by atoms with Crippen molar-refractivity contribution < 1.29 is 0 Å². The third kappa shape index (κ3) is 3.98. The van der Waals surface area contributed by atoms with Crippen molar-refractivity contribution in [3.05, 3.63) is 0 Å². The molecule has 2 atom stereocenters. The molecule has 0 spiro atoms. The molecule has 2 aliphatic carbocycles. The summed E-state index contributed by atoms with van der Waals surface area (Å²) in [5, 5.41) is 3.72. The van der Waals surface area contributed by atoms with Crippen LogP contribution in [-0.4, -0.2) is 12.6 Å². The highest BCUT2D eigenvalue weighted by molar-refractivity contribution is 5.04. The number of unbranched alkanes of at least 4 members (excludes halogenated alkanes) is 4. The standard InChI is InChI=1S/C17H33N/c1-4-5-6-7-8-9-17(13-18-14(2)3)11-15-10-16(15)12-17/h14-16,18H,4-13H2,1-3H3. The smallest absolute Gasteiger partial charge is 0.00106 e. The van der Waals surface area contributed by atoms with Gasteiger partial charge in [0.05, 0.1) is 0 Å². The van der Waals surface area contributed by atoms with Crippen molar-refractivity contribution in [1.82, 2.24) is 5.32 Å². The molecule has 0 aromatic rings. The lowest BCUT2D eigenvalue weighted by molar-refractivity contribution is 0.216. The van der Waals surface area contributed by atoms with Gasteiger partial charge in [-0.25, -0.2) is 0 Å². The second-order valence-corrected chi connectivity index (χ2v) is 7.36. The largest absolute Gasteiger partial charge is 0.314 e. The fraction of sp³-hybridized carbons (Fsp3) is 1.00. The van der Waals surface area contributed by atoms with Gasteiger partial charge in [0, 0.05) is 12.6 Å². The molecule has 2 saturated carbocycles. The Kier molecular flexibility index (Phi) is 5.12. The van der Waals surface area contributed by atoms with Crippen molar-refractivity contribution in [3.8, 4) is 0 Å². The topological polar surface area (TPSA) is 12.0 Å². The summed E-state index contributed by atoms with van der Waals surface area (Å²) in [6.45, 7) is 8.15. The van der Waals surface area contributed by atoms with Gasteiger partial charge >= 0.3 is 0 Å². The number of hydrogen-bond acceptors (Lipinski definition) is 1. The maximum atomic E-state index is 3.72. The monoisotopic (exact) mass is 251 g/mol. The van der Waals surface area contributed by atoms with E-state index >= 15 is 0 Å². The highest BCUT2D eigenvalue weighted by Crippen LogP contribution is 2.61. The lowest BCUT2D eigenvalue weighted by Gasteiger charge is -2.32. The average molecular weight is 251 g/mol. The van der Waals surface area contributed by atoms with Gasteiger partial charge in [-0.05, 0) is 42.9 Å². The van der Waals surface area contributed by atoms with E-state index in [1.165, 1.54) is 57.9 Å². The molecule has 2 aliphatic rings. The summed E-state index contributed by atoms with van der Waals surface area (Å²) in [4.78, 5) is 0. The number of nitrogens with one attached hydrogen (secondary N) is 1. The summed E-state index contributed by atoms with van der Waals surface area (Å²) in [7, 11) is 0. The first-order valence-corrected chi connectivity index (χ1v) is 8.38. The van der Waals surface area contributed by atoms with Crippen LogP contribution in [0.5, 0.6) is 0 Å². The minimum atomic E-state index is 0.652. The molecule has 1 heteroatoms. The third-order valence-electron chi connectivity index (χ3n) is 5.16. The van der Waals surface area contributed by atoms with E-state index in [4.69, 9.17) is 0 Å². The van der Waals surface area contributed by atoms with Gasteiger partial charge < -0.3 is 5.32 Å². The van der Waals surface area contributed by atoms with E-state index in [1.54, 1.807) is 6.42 Å². The van der Waals surface area contributed by atoms with E-state index in [0.29, 0.717) is 11.5 Å². The number of hydrogen-bond donors (Lipinski definition) is 1. The molecule has 0 aliphatic heterocycles. The second kappa shape index (κ2) is 6.41. The quantitative estimate of drug-likeness (QED) is 0.583. The Labute approximate surface area is 114 Å². The number of rotatable bonds is 9. The zero-order valence-electron chi connectivity index (χ0n) is 12.8. The van der Waals surface area contributed by atoms with E-state index in [-0.39, 0.29) is 0 Å². The van der Waals surface area contributed by atoms with Crippen LogP contribution in [-0.2, 0) is 0 Å². The Balaban J connectivity index is 1.71. The summed E-state index contributed by atoms with van der Waals surface area (Å²) in [6, 6.07) is 0.652. The predicted molar refractivity (Wildman–Crippen MR) is 79.8 cm³/mol. The molecule has 106 valence electrons. The van der Waals surface area contributed by atoms with Crippen molar-refractivity contribution in [2.45, 2.75) is 84.6 Å². The first kappa shape index (κ1) is 14.4. The maximum absolute atomic E-state index is 3.72. The van der Waals surface area contributed by atoms with Gasteiger partial charge in [0.1, 0.15) is 0 Å². The lowest BCUT2D eigenvalue weighted by atomic mass is 9.78. The van der Waals surface area contributed by atoms with Gasteiger partial charge in [0.15, 0.2) is 0 Å². The second-order valence-electron chi connectivity index (χ2n) is 7.36. The molecular weight excluding hydrogens is 218 g/mol. The molecule has 0 bridgehead atoms. The Bertz CT molecular complexity index is 236. The number of fused-ring (bicyclic) bond motifs is 1. The zero-order valence-corrected chi connectivity index (χ0v) is 12.8. The minimum absolute atomic E-state index is 0.652. The molecule has 1 nitrogen and oxygen atoms in total. The van der Waals surface area contributed by atoms with E-state index in [0.717, 1.165) is 11.8 Å². The third-order valence-corrected chi connectivity index (χ3v) is 5.16. The van der Waals surface area contributed by atoms with Crippen LogP contribution in [0.4, 0.5) is 0 Å². The zero-order chi connectivity index (χ0) is 13.0. The summed E-state index contributed by atoms with van der Waals surface area (Å²) >= 11 is 0. The molecule has 0 aromatic heterocycles. The fourth-order valence-electron chi connectivity index (χ4n) is 3.97. The van der Waals surface area contributed by atoms with Crippen LogP contribution < -0.4 is 5.32 Å². The lowest BCUT2D eigenvalue weighted by Crippen LogP contribution is -2.36. The molecule has 0 heterocycles. The van der Waals surface area contributed by atoms with Crippen LogP contribution in [0.15, 0.2) is 0 Å². The van der Waals surface area contributed by atoms with Gasteiger partial charge in [0.25, 0.3) is 0 Å². The Morgan fingerprint density at radius 3 is 2.33 bits per heavy atom. The highest BCUT2D eigenvalue weighted by Gasteiger charge is 2.52. The maximum Gasteiger partial charge on any atom is 0.00106 e. The van der Waals surface area contributed by atoms with Gasteiger partial charge in [0.2, 0.25) is 0 Å². The molecule has 18 heavy (non-hydrogen) atoms. The molecule has 0 aromatic carbocycles. The molecule has 0 radical (unpaired) electrons. The predicted octanol–water partition coefficient (Wildman–Crippen LogP) is 4.76. The van der Waals surface area contributed by atoms with E-state index in [1.807, 2.05) is 0 Å². The highest BCUT2D eigenvalue weighted by atomic mass is 14.9. The molecule has 1 N–H and O–H groups in total. The van der Waals surface area contributed by atoms with Crippen molar-refractivity contribution in [2.24, 2.45) is 17.3 Å². The van der Waals surface area contributed by atoms with Crippen molar-refractivity contribution in [1.29, 1.82) is 0 Å². The van der Waals surface area contributed by atoms with Gasteiger partial charge in [-0.2, -0.15) is 0 Å². The molecule has 2 unspecified atom stereocenters. The van der Waals surface area contributed by atoms with Gasteiger partial charge in [-0.15, -0.1) is 0 Å². The SMILES string of the molecule is CCCCCCCC1(CNC(C)C)CC2CC2C1. The van der Waals surface area contributed by atoms with E-state index in [9.17, 15) is 0 Å². The Hall–Kier alpha value is -0.0400. The summed E-state index contributed by atoms with van der Waals surface area (Å²) in [5.74, 6) is 2.24. The Morgan fingerprint density at radius 2 is 1.72 bits per heavy atom. The van der Waals surface area contributed by atoms with Crippen LogP contribution in [0, 0.1) is 17.3 Å². The average Bonchev–Trinajstić information content (AvgIpc) is 2.95. The van der Waals surface area contributed by atoms with Crippen LogP contribution in [0.2, 0.25) is 0 Å². The molecule has 2 rings (SSSR count). The van der Waals surface area contributed by atoms with Crippen molar-refractivity contribution >= 4 is 0 Å². The fourth-order valence-corrected chi connectivity index (χ4v) is 3.97. The first-order valence-electron chi connectivity index (χ1n) is 8.38. The summed E-state index contributed by atoms with van der Waals surface area (Å²) in [6.07, 6.45) is 13.3. The van der Waals surface area contributed by atoms with Gasteiger partial charge in [-0.1, -0.05) is 52.9 Å². The van der Waals surface area contributed by atoms with Crippen LogP contribution in [0.25, 0.3) is 0 Å². The summed E-state index contributed by atoms with van der Waals surface area (Å²) < 4.78 is 0. The van der Waals surface area contributed by atoms with Crippen molar-refractivity contribution in [3.63, 3.8) is 0 Å². The molecular formula is C17H33N. The van der Waals surface area contributed by atoms with Crippen LogP contribution in [0.1, 0.15) is 78.6 Å². The van der Waals surface area contributed by atoms with Crippen molar-refractivity contribution in [2.75, 3.05) is 6.54 Å². The van der Waals surface area contributed by atoms with E-state index < -0.39 is 0 Å². The van der Waals surface area contributed by atoms with E-state index in [2.05, 4.69) is 26.1 Å². The molecule has 0 saturated heterocycles. The minimum Gasteiger partial charge on any atom is -0.314 e. The first-order chi connectivity index (χ1) is 8.65. The molecule has 2 fully saturated rings. The van der Waals surface area contributed by atoms with Crippen LogP contribution >= 0.6 is 0 Å².